The van der Waals surface area contributed by atoms with Gasteiger partial charge in [0.2, 0.25) is 5.13 Å². The molecule has 1 N–H and O–H groups in total. The lowest BCUT2D eigenvalue weighted by Gasteiger charge is -1.96. The summed E-state index contributed by atoms with van der Waals surface area (Å²) in [5.74, 6) is -0.315. The van der Waals surface area contributed by atoms with Gasteiger partial charge in [-0.15, -0.1) is 10.2 Å². The molecule has 0 unspecified atom stereocenters. The molecule has 114 valence electrons. The molecule has 4 rings (SSSR count). The molecule has 23 heavy (non-hydrogen) atoms. The number of aromatic nitrogens is 3. The lowest BCUT2D eigenvalue weighted by Crippen LogP contribution is -1.88. The molecule has 0 atom stereocenters. The summed E-state index contributed by atoms with van der Waals surface area (Å²) in [6, 6.07) is 13.0. The Morgan fingerprint density at radius 2 is 1.87 bits per heavy atom. The summed E-state index contributed by atoms with van der Waals surface area (Å²) in [4.78, 5) is 4.27. The van der Waals surface area contributed by atoms with Gasteiger partial charge in [0.05, 0.1) is 4.70 Å². The number of aryl methyl sites for hydroxylation is 1. The van der Waals surface area contributed by atoms with Crippen LogP contribution in [0.3, 0.4) is 0 Å². The van der Waals surface area contributed by atoms with E-state index in [2.05, 4.69) is 26.6 Å². The van der Waals surface area contributed by atoms with E-state index in [1.807, 2.05) is 31.2 Å². The summed E-state index contributed by atoms with van der Waals surface area (Å²) in [7, 11) is 0. The highest BCUT2D eigenvalue weighted by Gasteiger charge is 2.11. The zero-order valence-corrected chi connectivity index (χ0v) is 13.7. The van der Waals surface area contributed by atoms with Crippen molar-refractivity contribution in [2.75, 3.05) is 5.32 Å². The minimum Gasteiger partial charge on any atom is -0.306 e. The number of hydrogen-bond donors (Lipinski definition) is 1. The van der Waals surface area contributed by atoms with Gasteiger partial charge in [0, 0.05) is 5.56 Å². The van der Waals surface area contributed by atoms with Crippen molar-refractivity contribution in [3.05, 3.63) is 53.8 Å². The van der Waals surface area contributed by atoms with Crippen LogP contribution in [0.5, 0.6) is 0 Å². The Morgan fingerprint density at radius 1 is 1.00 bits per heavy atom. The number of anilines is 2. The number of fused-ring (bicyclic) bond motifs is 1. The van der Waals surface area contributed by atoms with E-state index in [1.54, 1.807) is 6.07 Å². The van der Waals surface area contributed by atoms with Gasteiger partial charge >= 0.3 is 0 Å². The molecular weight excluding hydrogens is 331 g/mol. The van der Waals surface area contributed by atoms with Crippen LogP contribution in [0, 0.1) is 12.7 Å². The van der Waals surface area contributed by atoms with Gasteiger partial charge in [-0.05, 0) is 25.1 Å². The molecule has 0 bridgehead atoms. The quantitative estimate of drug-likeness (QED) is 0.569. The van der Waals surface area contributed by atoms with Crippen LogP contribution in [-0.2, 0) is 0 Å². The van der Waals surface area contributed by atoms with Crippen molar-refractivity contribution in [2.24, 2.45) is 0 Å². The molecule has 0 aliphatic carbocycles. The van der Waals surface area contributed by atoms with Crippen LogP contribution in [0.4, 0.5) is 14.7 Å². The smallest absolute Gasteiger partial charge is 0.212 e. The molecule has 0 saturated heterocycles. The summed E-state index contributed by atoms with van der Waals surface area (Å²) in [6.45, 7) is 2.04. The molecule has 0 amide bonds. The second-order valence-corrected chi connectivity index (χ2v) is 7.02. The maximum absolute atomic E-state index is 13.7. The average molecular weight is 342 g/mol. The Balaban J connectivity index is 1.63. The Morgan fingerprint density at radius 3 is 2.70 bits per heavy atom. The van der Waals surface area contributed by atoms with Crippen molar-refractivity contribution in [2.45, 2.75) is 6.92 Å². The van der Waals surface area contributed by atoms with Gasteiger partial charge in [-0.25, -0.2) is 9.37 Å². The highest BCUT2D eigenvalue weighted by Crippen LogP contribution is 2.32. The Bertz CT molecular complexity index is 993. The first kappa shape index (κ1) is 14.2. The second-order valence-electron chi connectivity index (χ2n) is 5.01. The van der Waals surface area contributed by atoms with E-state index in [4.69, 9.17) is 0 Å². The van der Waals surface area contributed by atoms with Gasteiger partial charge in [-0.2, -0.15) is 0 Å². The highest BCUT2D eigenvalue weighted by atomic mass is 32.1. The topological polar surface area (TPSA) is 50.7 Å². The van der Waals surface area contributed by atoms with E-state index < -0.39 is 0 Å². The molecule has 2 heterocycles. The largest absolute Gasteiger partial charge is 0.306 e. The van der Waals surface area contributed by atoms with Crippen molar-refractivity contribution in [3.63, 3.8) is 0 Å². The summed E-state index contributed by atoms with van der Waals surface area (Å²) in [6.07, 6.45) is 0. The first-order valence-corrected chi connectivity index (χ1v) is 8.55. The summed E-state index contributed by atoms with van der Waals surface area (Å²) < 4.78 is 14.5. The average Bonchev–Trinajstić information content (AvgIpc) is 3.15. The lowest BCUT2D eigenvalue weighted by atomic mass is 10.1. The van der Waals surface area contributed by atoms with Crippen LogP contribution in [0.15, 0.2) is 42.5 Å². The van der Waals surface area contributed by atoms with Crippen LogP contribution in [-0.4, -0.2) is 15.2 Å². The fourth-order valence-electron chi connectivity index (χ4n) is 2.23. The highest BCUT2D eigenvalue weighted by molar-refractivity contribution is 7.23. The predicted octanol–water partition coefficient (Wildman–Crippen LogP) is 5.01. The number of nitrogens with zero attached hydrogens (tertiary/aromatic N) is 3. The van der Waals surface area contributed by atoms with Crippen molar-refractivity contribution >= 4 is 43.2 Å². The van der Waals surface area contributed by atoms with Crippen LogP contribution in [0.1, 0.15) is 5.56 Å². The monoisotopic (exact) mass is 342 g/mol. The third-order valence-electron chi connectivity index (χ3n) is 3.27. The molecule has 4 aromatic rings. The Labute approximate surface area is 139 Å². The SMILES string of the molecule is Cc1cccc(-c2nnc(Nc3nc4c(F)cccc4s3)s2)c1. The number of halogens is 1. The van der Waals surface area contributed by atoms with Crippen molar-refractivity contribution in [1.29, 1.82) is 0 Å². The summed E-state index contributed by atoms with van der Waals surface area (Å²) in [5.41, 5.74) is 2.59. The van der Waals surface area contributed by atoms with Crippen LogP contribution in [0.25, 0.3) is 20.8 Å². The zero-order chi connectivity index (χ0) is 15.8. The lowest BCUT2D eigenvalue weighted by molar-refractivity contribution is 0.637. The summed E-state index contributed by atoms with van der Waals surface area (Å²) in [5, 5.41) is 13.5. The number of thiazole rings is 1. The standard InChI is InChI=1S/C16H11FN4S2/c1-9-4-2-5-10(8-9)14-20-21-16(23-14)19-15-18-13-11(17)6-3-7-12(13)22-15/h2-8H,1H3,(H,18,19,21). The number of rotatable bonds is 3. The number of nitrogens with one attached hydrogen (secondary N) is 1. The minimum absolute atomic E-state index is 0.315. The molecule has 2 aromatic carbocycles. The Kier molecular flexibility index (Phi) is 3.51. The summed E-state index contributed by atoms with van der Waals surface area (Å²) >= 11 is 2.83. The fraction of sp³-hybridized carbons (Fsp3) is 0.0625. The van der Waals surface area contributed by atoms with E-state index in [-0.39, 0.29) is 5.82 Å². The van der Waals surface area contributed by atoms with Gasteiger partial charge in [0.15, 0.2) is 5.13 Å². The maximum atomic E-state index is 13.7. The molecule has 0 saturated carbocycles. The zero-order valence-electron chi connectivity index (χ0n) is 12.1. The number of hydrogen-bond acceptors (Lipinski definition) is 6. The normalized spacial score (nSPS) is 11.0. The molecule has 0 aliphatic rings. The third-order valence-corrected chi connectivity index (χ3v) is 5.10. The van der Waals surface area contributed by atoms with E-state index in [0.717, 1.165) is 15.3 Å². The van der Waals surface area contributed by atoms with Gasteiger partial charge < -0.3 is 5.32 Å². The second kappa shape index (κ2) is 5.68. The molecular formula is C16H11FN4S2. The fourth-order valence-corrected chi connectivity index (χ4v) is 3.91. The van der Waals surface area contributed by atoms with Gasteiger partial charge in [0.1, 0.15) is 16.3 Å². The van der Waals surface area contributed by atoms with Crippen molar-refractivity contribution in [3.8, 4) is 10.6 Å². The molecule has 2 aromatic heterocycles. The molecule has 4 nitrogen and oxygen atoms in total. The van der Waals surface area contributed by atoms with E-state index in [9.17, 15) is 4.39 Å². The number of para-hydroxylation sites is 1. The van der Waals surface area contributed by atoms with Gasteiger partial charge in [-0.3, -0.25) is 0 Å². The van der Waals surface area contributed by atoms with Crippen LogP contribution < -0.4 is 5.32 Å². The molecule has 0 radical (unpaired) electrons. The Hall–Kier alpha value is -2.38. The first-order valence-electron chi connectivity index (χ1n) is 6.92. The number of benzene rings is 2. The molecule has 0 fully saturated rings. The minimum atomic E-state index is -0.315. The molecule has 7 heteroatoms. The van der Waals surface area contributed by atoms with Gasteiger partial charge in [0.25, 0.3) is 0 Å². The third kappa shape index (κ3) is 2.80. The van der Waals surface area contributed by atoms with E-state index in [1.165, 1.54) is 34.3 Å². The first-order chi connectivity index (χ1) is 11.2. The van der Waals surface area contributed by atoms with Crippen molar-refractivity contribution < 1.29 is 4.39 Å². The van der Waals surface area contributed by atoms with Crippen LogP contribution in [0.2, 0.25) is 0 Å². The molecule has 0 spiro atoms. The molecule has 0 aliphatic heterocycles. The van der Waals surface area contributed by atoms with Gasteiger partial charge in [-0.1, -0.05) is 52.5 Å². The van der Waals surface area contributed by atoms with E-state index in [0.29, 0.717) is 15.8 Å². The van der Waals surface area contributed by atoms with E-state index >= 15 is 0 Å². The van der Waals surface area contributed by atoms with Crippen LogP contribution >= 0.6 is 22.7 Å². The maximum Gasteiger partial charge on any atom is 0.212 e. The van der Waals surface area contributed by atoms with Crippen molar-refractivity contribution in [1.82, 2.24) is 15.2 Å². The predicted molar refractivity (Wildman–Crippen MR) is 92.9 cm³/mol.